The van der Waals surface area contributed by atoms with Gasteiger partial charge >= 0.3 is 0 Å². The molecule has 0 atom stereocenters. The van der Waals surface area contributed by atoms with Gasteiger partial charge in [0.25, 0.3) is 0 Å². The standard InChI is InChI=1S/C24H30N4O5S/c29-22(25-14-13-23(30)26-19-20-7-3-1-4-8-20)11-12-24(31)27-15-17-28(18-16-27)34(32,33)21-9-5-2-6-10-21/h1-10H,11-19H2,(H,25,29)(H,26,30). The molecule has 2 N–H and O–H groups in total. The fourth-order valence-corrected chi connectivity index (χ4v) is 5.03. The highest BCUT2D eigenvalue weighted by Crippen LogP contribution is 2.17. The van der Waals surface area contributed by atoms with Gasteiger partial charge in [0, 0.05) is 58.5 Å². The Morgan fingerprint density at radius 1 is 0.735 bits per heavy atom. The van der Waals surface area contributed by atoms with E-state index in [1.165, 1.54) is 4.31 Å². The second-order valence-corrected chi connectivity index (χ2v) is 9.90. The van der Waals surface area contributed by atoms with Gasteiger partial charge < -0.3 is 15.5 Å². The van der Waals surface area contributed by atoms with E-state index in [2.05, 4.69) is 10.6 Å². The number of carbonyl (C=O) groups excluding carboxylic acids is 3. The summed E-state index contributed by atoms with van der Waals surface area (Å²) < 4.78 is 26.7. The fraction of sp³-hybridized carbons (Fsp3) is 0.375. The fourth-order valence-electron chi connectivity index (χ4n) is 3.59. The van der Waals surface area contributed by atoms with Crippen LogP contribution in [0, 0.1) is 0 Å². The first kappa shape index (κ1) is 25.4. The van der Waals surface area contributed by atoms with Crippen LogP contribution in [0.3, 0.4) is 0 Å². The van der Waals surface area contributed by atoms with E-state index in [0.717, 1.165) is 5.56 Å². The Balaban J connectivity index is 1.31. The van der Waals surface area contributed by atoms with E-state index in [1.807, 2.05) is 30.3 Å². The minimum atomic E-state index is -3.58. The molecule has 0 unspecified atom stereocenters. The molecule has 1 heterocycles. The highest BCUT2D eigenvalue weighted by molar-refractivity contribution is 7.89. The van der Waals surface area contributed by atoms with Crippen molar-refractivity contribution >= 4 is 27.7 Å². The number of piperazine rings is 1. The van der Waals surface area contributed by atoms with Crippen molar-refractivity contribution in [1.82, 2.24) is 19.8 Å². The first-order valence-electron chi connectivity index (χ1n) is 11.3. The van der Waals surface area contributed by atoms with Crippen molar-refractivity contribution in [3.8, 4) is 0 Å². The molecule has 34 heavy (non-hydrogen) atoms. The molecule has 0 spiro atoms. The lowest BCUT2D eigenvalue weighted by atomic mass is 10.2. The van der Waals surface area contributed by atoms with Crippen LogP contribution in [-0.2, 0) is 31.0 Å². The second-order valence-electron chi connectivity index (χ2n) is 7.96. The predicted molar refractivity (Wildman–Crippen MR) is 127 cm³/mol. The van der Waals surface area contributed by atoms with Crippen molar-refractivity contribution in [3.63, 3.8) is 0 Å². The molecule has 2 aromatic carbocycles. The number of hydrogen-bond acceptors (Lipinski definition) is 5. The van der Waals surface area contributed by atoms with Crippen LogP contribution in [0.5, 0.6) is 0 Å². The lowest BCUT2D eigenvalue weighted by Gasteiger charge is -2.34. The average Bonchev–Trinajstić information content (AvgIpc) is 2.87. The van der Waals surface area contributed by atoms with Gasteiger partial charge in [-0.25, -0.2) is 8.42 Å². The number of nitrogens with zero attached hydrogens (tertiary/aromatic N) is 2. The Labute approximate surface area is 200 Å². The van der Waals surface area contributed by atoms with Crippen LogP contribution in [0.2, 0.25) is 0 Å². The van der Waals surface area contributed by atoms with E-state index >= 15 is 0 Å². The van der Waals surface area contributed by atoms with E-state index in [0.29, 0.717) is 6.54 Å². The van der Waals surface area contributed by atoms with Crippen molar-refractivity contribution in [2.24, 2.45) is 0 Å². The maximum atomic E-state index is 12.7. The van der Waals surface area contributed by atoms with Crippen molar-refractivity contribution in [2.45, 2.75) is 30.7 Å². The number of sulfonamides is 1. The summed E-state index contributed by atoms with van der Waals surface area (Å²) in [4.78, 5) is 38.2. The molecule has 1 aliphatic rings. The zero-order valence-corrected chi connectivity index (χ0v) is 19.8. The Kier molecular flexibility index (Phi) is 9.17. The number of carbonyl (C=O) groups is 3. The summed E-state index contributed by atoms with van der Waals surface area (Å²) in [6, 6.07) is 17.8. The van der Waals surface area contributed by atoms with Crippen LogP contribution in [-0.4, -0.2) is 68.1 Å². The van der Waals surface area contributed by atoms with E-state index in [9.17, 15) is 22.8 Å². The lowest BCUT2D eigenvalue weighted by Crippen LogP contribution is -2.50. The third-order valence-electron chi connectivity index (χ3n) is 5.54. The van der Waals surface area contributed by atoms with E-state index in [4.69, 9.17) is 0 Å². The van der Waals surface area contributed by atoms with Gasteiger partial charge in [0.2, 0.25) is 27.7 Å². The molecule has 0 radical (unpaired) electrons. The van der Waals surface area contributed by atoms with E-state index < -0.39 is 10.0 Å². The highest BCUT2D eigenvalue weighted by Gasteiger charge is 2.29. The van der Waals surface area contributed by atoms with Crippen molar-refractivity contribution in [2.75, 3.05) is 32.7 Å². The van der Waals surface area contributed by atoms with Gasteiger partial charge in [0.1, 0.15) is 0 Å². The zero-order valence-electron chi connectivity index (χ0n) is 19.0. The summed E-state index contributed by atoms with van der Waals surface area (Å²) >= 11 is 0. The zero-order chi connectivity index (χ0) is 24.4. The predicted octanol–water partition coefficient (Wildman–Crippen LogP) is 1.12. The van der Waals surface area contributed by atoms with E-state index in [1.54, 1.807) is 35.2 Å². The third-order valence-corrected chi connectivity index (χ3v) is 7.46. The number of nitrogens with one attached hydrogen (secondary N) is 2. The van der Waals surface area contributed by atoms with Crippen LogP contribution in [0.4, 0.5) is 0 Å². The second kappa shape index (κ2) is 12.3. The molecule has 0 aliphatic carbocycles. The normalized spacial score (nSPS) is 14.4. The van der Waals surface area contributed by atoms with Crippen LogP contribution in [0.15, 0.2) is 65.6 Å². The minimum Gasteiger partial charge on any atom is -0.356 e. The Morgan fingerprint density at radius 2 is 1.32 bits per heavy atom. The summed E-state index contributed by atoms with van der Waals surface area (Å²) in [7, 11) is -3.58. The molecule has 0 saturated carbocycles. The molecule has 1 aliphatic heterocycles. The minimum absolute atomic E-state index is 0.0208. The quantitative estimate of drug-likeness (QED) is 0.522. The maximum Gasteiger partial charge on any atom is 0.243 e. The average molecular weight is 487 g/mol. The molecule has 3 rings (SSSR count). The highest BCUT2D eigenvalue weighted by atomic mass is 32.2. The first-order valence-corrected chi connectivity index (χ1v) is 12.7. The van der Waals surface area contributed by atoms with Gasteiger partial charge in [0.15, 0.2) is 0 Å². The summed E-state index contributed by atoms with van der Waals surface area (Å²) in [6.45, 7) is 1.63. The molecule has 1 fully saturated rings. The summed E-state index contributed by atoms with van der Waals surface area (Å²) in [5.74, 6) is -0.648. The number of benzene rings is 2. The summed E-state index contributed by atoms with van der Waals surface area (Å²) in [5, 5.41) is 5.45. The molecule has 10 heteroatoms. The van der Waals surface area contributed by atoms with Gasteiger partial charge in [-0.3, -0.25) is 14.4 Å². The van der Waals surface area contributed by atoms with Gasteiger partial charge in [-0.2, -0.15) is 4.31 Å². The molecular weight excluding hydrogens is 456 g/mol. The van der Waals surface area contributed by atoms with Crippen LogP contribution < -0.4 is 10.6 Å². The first-order chi connectivity index (χ1) is 16.4. The van der Waals surface area contributed by atoms with Crippen LogP contribution in [0.1, 0.15) is 24.8 Å². The molecule has 9 nitrogen and oxygen atoms in total. The Bertz CT molecular complexity index is 1070. The van der Waals surface area contributed by atoms with Gasteiger partial charge in [-0.05, 0) is 17.7 Å². The SMILES string of the molecule is O=C(CCC(=O)N1CCN(S(=O)(=O)c2ccccc2)CC1)NCCC(=O)NCc1ccccc1. The maximum absolute atomic E-state index is 12.7. The van der Waals surface area contributed by atoms with Crippen LogP contribution in [0.25, 0.3) is 0 Å². The van der Waals surface area contributed by atoms with E-state index in [-0.39, 0.29) is 74.6 Å². The summed E-state index contributed by atoms with van der Waals surface area (Å²) in [5.41, 5.74) is 0.997. The number of amides is 3. The van der Waals surface area contributed by atoms with Gasteiger partial charge in [-0.1, -0.05) is 48.5 Å². The molecule has 1 saturated heterocycles. The van der Waals surface area contributed by atoms with Crippen molar-refractivity contribution in [3.05, 3.63) is 66.2 Å². The molecule has 2 aromatic rings. The summed E-state index contributed by atoms with van der Waals surface area (Å²) in [6.07, 6.45) is 0.217. The monoisotopic (exact) mass is 486 g/mol. The Hall–Kier alpha value is -3.24. The molecular formula is C24H30N4O5S. The number of rotatable bonds is 10. The van der Waals surface area contributed by atoms with Gasteiger partial charge in [0.05, 0.1) is 4.90 Å². The lowest BCUT2D eigenvalue weighted by molar-refractivity contribution is -0.134. The van der Waals surface area contributed by atoms with Crippen molar-refractivity contribution in [1.29, 1.82) is 0 Å². The third kappa shape index (κ3) is 7.39. The topological polar surface area (TPSA) is 116 Å². The molecule has 0 bridgehead atoms. The molecule has 182 valence electrons. The molecule has 3 amide bonds. The van der Waals surface area contributed by atoms with Gasteiger partial charge in [-0.15, -0.1) is 0 Å². The van der Waals surface area contributed by atoms with Crippen LogP contribution >= 0.6 is 0 Å². The Morgan fingerprint density at radius 3 is 1.97 bits per heavy atom. The number of hydrogen-bond donors (Lipinski definition) is 2. The molecule has 0 aromatic heterocycles. The largest absolute Gasteiger partial charge is 0.356 e. The smallest absolute Gasteiger partial charge is 0.243 e. The van der Waals surface area contributed by atoms with Crippen molar-refractivity contribution < 1.29 is 22.8 Å².